The predicted molar refractivity (Wildman–Crippen MR) is 93.1 cm³/mol. The normalized spacial score (nSPS) is 24.8. The van der Waals surface area contributed by atoms with E-state index in [1.807, 2.05) is 23.3 Å². The van der Waals surface area contributed by atoms with Crippen molar-refractivity contribution in [1.29, 1.82) is 0 Å². The van der Waals surface area contributed by atoms with Crippen molar-refractivity contribution in [2.45, 2.75) is 44.7 Å². The fourth-order valence-corrected chi connectivity index (χ4v) is 4.75. The van der Waals surface area contributed by atoms with Crippen molar-refractivity contribution in [3.05, 3.63) is 40.2 Å². The third kappa shape index (κ3) is 2.89. The smallest absolute Gasteiger partial charge is 0.273 e. The molecule has 4 rings (SSSR count). The Bertz CT molecular complexity index is 712. The van der Waals surface area contributed by atoms with E-state index >= 15 is 0 Å². The molecular formula is C18H23N3O2S. The highest BCUT2D eigenvalue weighted by Gasteiger charge is 2.45. The molecular weight excluding hydrogens is 322 g/mol. The van der Waals surface area contributed by atoms with Crippen LogP contribution in [0.15, 0.2) is 27.4 Å². The number of thiazole rings is 1. The van der Waals surface area contributed by atoms with Crippen molar-refractivity contribution in [3.8, 4) is 0 Å². The second-order valence-corrected chi connectivity index (χ2v) is 7.68. The molecule has 1 unspecified atom stereocenters. The Labute approximate surface area is 146 Å². The second-order valence-electron chi connectivity index (χ2n) is 6.97. The van der Waals surface area contributed by atoms with Crippen LogP contribution in [0.25, 0.3) is 0 Å². The molecule has 128 valence electrons. The summed E-state index contributed by atoms with van der Waals surface area (Å²) in [5, 5.41) is 1.85. The van der Waals surface area contributed by atoms with Crippen molar-refractivity contribution < 1.29 is 9.21 Å². The van der Waals surface area contributed by atoms with Gasteiger partial charge in [0.25, 0.3) is 5.91 Å². The molecule has 4 heterocycles. The Morgan fingerprint density at radius 3 is 2.88 bits per heavy atom. The lowest BCUT2D eigenvalue weighted by atomic mass is 9.86. The maximum atomic E-state index is 12.7. The van der Waals surface area contributed by atoms with Crippen LogP contribution in [0, 0.1) is 6.92 Å². The van der Waals surface area contributed by atoms with E-state index < -0.39 is 0 Å². The average molecular weight is 345 g/mol. The minimum absolute atomic E-state index is 0.0796. The number of carbonyl (C=O) groups is 1. The van der Waals surface area contributed by atoms with Crippen LogP contribution in [0.5, 0.6) is 0 Å². The van der Waals surface area contributed by atoms with Crippen molar-refractivity contribution in [1.82, 2.24) is 14.8 Å². The van der Waals surface area contributed by atoms with E-state index in [9.17, 15) is 4.79 Å². The number of amides is 1. The van der Waals surface area contributed by atoms with Gasteiger partial charge in [0.2, 0.25) is 0 Å². The lowest BCUT2D eigenvalue weighted by Crippen LogP contribution is -2.56. The molecule has 0 N–H and O–H groups in total. The molecule has 0 saturated carbocycles. The predicted octanol–water partition coefficient (Wildman–Crippen LogP) is 3.32. The van der Waals surface area contributed by atoms with E-state index in [1.165, 1.54) is 17.8 Å². The minimum Gasteiger partial charge on any atom is -0.465 e. The van der Waals surface area contributed by atoms with Gasteiger partial charge >= 0.3 is 0 Å². The van der Waals surface area contributed by atoms with Gasteiger partial charge in [0.05, 0.1) is 12.1 Å². The zero-order chi connectivity index (χ0) is 16.6. The van der Waals surface area contributed by atoms with Gasteiger partial charge in [0.1, 0.15) is 17.2 Å². The molecule has 2 fully saturated rings. The molecule has 1 atom stereocenters. The van der Waals surface area contributed by atoms with Crippen LogP contribution in [-0.2, 0) is 6.54 Å². The summed E-state index contributed by atoms with van der Waals surface area (Å²) in [6.07, 6.45) is 4.57. The highest BCUT2D eigenvalue weighted by atomic mass is 32.1. The summed E-state index contributed by atoms with van der Waals surface area (Å²) in [7, 11) is 0. The van der Waals surface area contributed by atoms with Crippen LogP contribution in [0.1, 0.15) is 47.7 Å². The van der Waals surface area contributed by atoms with E-state index in [0.717, 1.165) is 57.0 Å². The maximum Gasteiger partial charge on any atom is 0.273 e. The van der Waals surface area contributed by atoms with Gasteiger partial charge in [-0.25, -0.2) is 4.98 Å². The number of piperidine rings is 1. The minimum atomic E-state index is 0.0796. The topological polar surface area (TPSA) is 49.6 Å². The van der Waals surface area contributed by atoms with Crippen molar-refractivity contribution in [2.24, 2.45) is 0 Å². The number of aryl methyl sites for hydroxylation is 1. The van der Waals surface area contributed by atoms with Crippen LogP contribution in [0.3, 0.4) is 0 Å². The highest BCUT2D eigenvalue weighted by Crippen LogP contribution is 2.38. The summed E-state index contributed by atoms with van der Waals surface area (Å²) in [4.78, 5) is 21.4. The number of rotatable bonds is 3. The Kier molecular flexibility index (Phi) is 4.18. The molecule has 24 heavy (non-hydrogen) atoms. The van der Waals surface area contributed by atoms with E-state index in [1.54, 1.807) is 5.51 Å². The lowest BCUT2D eigenvalue weighted by Gasteiger charge is -2.45. The van der Waals surface area contributed by atoms with Crippen molar-refractivity contribution >= 4 is 17.2 Å². The molecule has 6 heteroatoms. The fourth-order valence-electron chi connectivity index (χ4n) is 4.23. The Morgan fingerprint density at radius 1 is 1.33 bits per heavy atom. The van der Waals surface area contributed by atoms with Crippen LogP contribution < -0.4 is 0 Å². The molecule has 0 aromatic carbocycles. The Balaban J connectivity index is 1.51. The number of nitrogens with zero attached hydrogens (tertiary/aromatic N) is 3. The van der Waals surface area contributed by atoms with Gasteiger partial charge in [-0.05, 0) is 51.3 Å². The first-order valence-corrected chi connectivity index (χ1v) is 9.58. The molecule has 2 aromatic rings. The average Bonchev–Trinajstić information content (AvgIpc) is 3.31. The molecule has 2 aliphatic rings. The first-order chi connectivity index (χ1) is 11.7. The van der Waals surface area contributed by atoms with Gasteiger partial charge in [-0.15, -0.1) is 11.3 Å². The molecule has 2 aliphatic heterocycles. The Hall–Kier alpha value is -1.66. The zero-order valence-corrected chi connectivity index (χ0v) is 14.8. The molecule has 0 aliphatic carbocycles. The van der Waals surface area contributed by atoms with Gasteiger partial charge < -0.3 is 9.32 Å². The molecule has 2 aromatic heterocycles. The number of likely N-dealkylation sites (tertiary alicyclic amines) is 2. The first kappa shape index (κ1) is 15.8. The number of aromatic nitrogens is 1. The summed E-state index contributed by atoms with van der Waals surface area (Å²) in [6, 6.07) is 4.10. The largest absolute Gasteiger partial charge is 0.465 e. The molecule has 5 nitrogen and oxygen atoms in total. The summed E-state index contributed by atoms with van der Waals surface area (Å²) >= 11 is 1.48. The van der Waals surface area contributed by atoms with E-state index in [4.69, 9.17) is 4.42 Å². The van der Waals surface area contributed by atoms with E-state index in [-0.39, 0.29) is 11.4 Å². The van der Waals surface area contributed by atoms with Crippen LogP contribution in [0.2, 0.25) is 0 Å². The quantitative estimate of drug-likeness (QED) is 0.856. The van der Waals surface area contributed by atoms with Crippen LogP contribution in [-0.4, -0.2) is 45.9 Å². The maximum absolute atomic E-state index is 12.7. The lowest BCUT2D eigenvalue weighted by molar-refractivity contribution is 0.0269. The summed E-state index contributed by atoms with van der Waals surface area (Å²) < 4.78 is 5.78. The molecule has 1 spiro atoms. The third-order valence-corrected chi connectivity index (χ3v) is 5.96. The standard InChI is InChI=1S/C18H23N3O2S/c1-14-4-5-15(23-14)10-21-9-3-7-18(21)6-2-8-20(12-18)17(22)16-11-24-13-19-16/h4-5,11,13H,2-3,6-10,12H2,1H3. The van der Waals surface area contributed by atoms with Gasteiger partial charge in [-0.2, -0.15) is 0 Å². The molecule has 0 radical (unpaired) electrons. The number of hydrogen-bond donors (Lipinski definition) is 0. The third-order valence-electron chi connectivity index (χ3n) is 5.38. The molecule has 1 amide bonds. The van der Waals surface area contributed by atoms with Crippen LogP contribution in [0.4, 0.5) is 0 Å². The summed E-state index contributed by atoms with van der Waals surface area (Å²) in [5.41, 5.74) is 2.42. The summed E-state index contributed by atoms with van der Waals surface area (Å²) in [6.45, 7) is 5.55. The van der Waals surface area contributed by atoms with Gasteiger partial charge in [-0.3, -0.25) is 9.69 Å². The molecule has 2 saturated heterocycles. The van der Waals surface area contributed by atoms with E-state index in [2.05, 4.69) is 16.0 Å². The number of carbonyl (C=O) groups excluding carboxylic acids is 1. The fraction of sp³-hybridized carbons (Fsp3) is 0.556. The van der Waals surface area contributed by atoms with Gasteiger partial charge in [-0.1, -0.05) is 0 Å². The van der Waals surface area contributed by atoms with Crippen molar-refractivity contribution in [3.63, 3.8) is 0 Å². The summed E-state index contributed by atoms with van der Waals surface area (Å²) in [5.74, 6) is 2.06. The van der Waals surface area contributed by atoms with Gasteiger partial charge in [0.15, 0.2) is 0 Å². The van der Waals surface area contributed by atoms with Gasteiger partial charge in [0, 0.05) is 24.0 Å². The number of furan rings is 1. The first-order valence-electron chi connectivity index (χ1n) is 8.64. The zero-order valence-electron chi connectivity index (χ0n) is 14.0. The monoisotopic (exact) mass is 345 g/mol. The Morgan fingerprint density at radius 2 is 2.17 bits per heavy atom. The highest BCUT2D eigenvalue weighted by molar-refractivity contribution is 7.07. The van der Waals surface area contributed by atoms with Crippen LogP contribution >= 0.6 is 11.3 Å². The van der Waals surface area contributed by atoms with Crippen molar-refractivity contribution in [2.75, 3.05) is 19.6 Å². The SMILES string of the molecule is Cc1ccc(CN2CCCC23CCCN(C(=O)c2cscn2)C3)o1. The van der Waals surface area contributed by atoms with E-state index in [0.29, 0.717) is 5.69 Å². The number of hydrogen-bond acceptors (Lipinski definition) is 5. The molecule has 0 bridgehead atoms. The second kappa shape index (κ2) is 6.33.